The minimum absolute atomic E-state index is 0.159. The number of alkyl halides is 1. The minimum atomic E-state index is -1.50. The van der Waals surface area contributed by atoms with E-state index in [0.717, 1.165) is 51.4 Å². The summed E-state index contributed by atoms with van der Waals surface area (Å²) >= 11 is 6.30. The first-order valence-electron chi connectivity index (χ1n) is 9.95. The maximum absolute atomic E-state index is 12.5. The quantitative estimate of drug-likeness (QED) is 0.411. The molecule has 6 nitrogen and oxygen atoms in total. The van der Waals surface area contributed by atoms with Crippen molar-refractivity contribution in [1.82, 2.24) is 10.6 Å². The van der Waals surface area contributed by atoms with Crippen LogP contribution in [0.3, 0.4) is 0 Å². The van der Waals surface area contributed by atoms with Crippen molar-refractivity contribution in [3.63, 3.8) is 0 Å². The Kier molecular flexibility index (Phi) is 7.44. The summed E-state index contributed by atoms with van der Waals surface area (Å²) in [5, 5.41) is 14.2. The first kappa shape index (κ1) is 21.1. The van der Waals surface area contributed by atoms with Crippen molar-refractivity contribution in [1.29, 1.82) is 0 Å². The second kappa shape index (κ2) is 9.16. The van der Waals surface area contributed by atoms with Crippen LogP contribution >= 0.6 is 11.6 Å². The van der Waals surface area contributed by atoms with E-state index in [0.29, 0.717) is 0 Å². The van der Waals surface area contributed by atoms with Gasteiger partial charge >= 0.3 is 0 Å². The van der Waals surface area contributed by atoms with Crippen molar-refractivity contribution in [3.8, 4) is 0 Å². The van der Waals surface area contributed by atoms with Gasteiger partial charge in [0.2, 0.25) is 10.9 Å². The van der Waals surface area contributed by atoms with Gasteiger partial charge in [0.05, 0.1) is 0 Å². The van der Waals surface area contributed by atoms with Crippen molar-refractivity contribution < 1.29 is 9.59 Å². The first-order chi connectivity index (χ1) is 12.2. The highest BCUT2D eigenvalue weighted by Crippen LogP contribution is 2.24. The van der Waals surface area contributed by atoms with Gasteiger partial charge in [-0.05, 0) is 46.5 Å². The maximum Gasteiger partial charge on any atom is 0.265 e. The summed E-state index contributed by atoms with van der Waals surface area (Å²) in [5.74, 6) is -0.522. The molecule has 2 fully saturated rings. The number of azo groups is 1. The molecule has 0 spiro atoms. The van der Waals surface area contributed by atoms with Gasteiger partial charge in [-0.3, -0.25) is 9.59 Å². The lowest BCUT2D eigenvalue weighted by molar-refractivity contribution is -0.127. The zero-order valence-electron chi connectivity index (χ0n) is 16.3. The van der Waals surface area contributed by atoms with Crippen molar-refractivity contribution in [2.24, 2.45) is 10.2 Å². The van der Waals surface area contributed by atoms with Crippen LogP contribution in [0.25, 0.3) is 0 Å². The van der Waals surface area contributed by atoms with Crippen LogP contribution in [0.15, 0.2) is 10.2 Å². The van der Waals surface area contributed by atoms with Crippen LogP contribution in [-0.2, 0) is 9.59 Å². The Morgan fingerprint density at radius 2 is 1.19 bits per heavy atom. The Morgan fingerprint density at radius 3 is 1.65 bits per heavy atom. The highest BCUT2D eigenvalue weighted by atomic mass is 35.5. The molecule has 7 heteroatoms. The van der Waals surface area contributed by atoms with Gasteiger partial charge in [-0.25, -0.2) is 0 Å². The van der Waals surface area contributed by atoms with Crippen LogP contribution in [0.1, 0.15) is 85.0 Å². The molecule has 2 saturated carbocycles. The number of hydrogen-bond donors (Lipinski definition) is 2. The molecule has 1 unspecified atom stereocenters. The molecular formula is C19H33ClN4O2. The largest absolute Gasteiger partial charge is 0.351 e. The Morgan fingerprint density at radius 1 is 0.769 bits per heavy atom. The van der Waals surface area contributed by atoms with Crippen molar-refractivity contribution >= 4 is 23.4 Å². The topological polar surface area (TPSA) is 82.9 Å². The van der Waals surface area contributed by atoms with Crippen molar-refractivity contribution in [3.05, 3.63) is 0 Å². The zero-order chi connectivity index (χ0) is 19.2. The Labute approximate surface area is 161 Å². The van der Waals surface area contributed by atoms with Gasteiger partial charge in [-0.15, -0.1) is 0 Å². The molecule has 0 saturated heterocycles. The predicted octanol–water partition coefficient (Wildman–Crippen LogP) is 4.07. The number of carbonyl (C=O) groups is 2. The van der Waals surface area contributed by atoms with Crippen LogP contribution < -0.4 is 10.6 Å². The average Bonchev–Trinajstić information content (AvgIpc) is 2.62. The van der Waals surface area contributed by atoms with Gasteiger partial charge < -0.3 is 10.6 Å². The average molecular weight is 385 g/mol. The van der Waals surface area contributed by atoms with E-state index in [2.05, 4.69) is 20.9 Å². The third-order valence-corrected chi connectivity index (χ3v) is 5.59. The predicted molar refractivity (Wildman–Crippen MR) is 103 cm³/mol. The van der Waals surface area contributed by atoms with Crippen molar-refractivity contribution in [2.75, 3.05) is 0 Å². The van der Waals surface area contributed by atoms with Gasteiger partial charge in [-0.2, -0.15) is 10.2 Å². The summed E-state index contributed by atoms with van der Waals surface area (Å²) in [7, 11) is 0. The molecule has 2 amide bonds. The first-order valence-corrected chi connectivity index (χ1v) is 10.3. The van der Waals surface area contributed by atoms with E-state index >= 15 is 0 Å². The summed E-state index contributed by atoms with van der Waals surface area (Å²) in [5.41, 5.74) is -1.06. The number of halogens is 1. The summed E-state index contributed by atoms with van der Waals surface area (Å²) in [4.78, 5) is 23.5. The van der Waals surface area contributed by atoms with Gasteiger partial charge in [0.1, 0.15) is 0 Å². The Bertz CT molecular complexity index is 476. The molecule has 1 atom stereocenters. The van der Waals surface area contributed by atoms with Crippen LogP contribution in [0.4, 0.5) is 0 Å². The third-order valence-electron chi connectivity index (χ3n) is 5.34. The fraction of sp³-hybridized carbons (Fsp3) is 0.895. The molecule has 0 aliphatic heterocycles. The van der Waals surface area contributed by atoms with Crippen LogP contribution in [0, 0.1) is 0 Å². The second-order valence-electron chi connectivity index (χ2n) is 8.33. The Balaban J connectivity index is 1.90. The van der Waals surface area contributed by atoms with Gasteiger partial charge in [0.15, 0.2) is 5.54 Å². The molecule has 0 aromatic carbocycles. The minimum Gasteiger partial charge on any atom is -0.351 e. The van der Waals surface area contributed by atoms with Crippen molar-refractivity contribution in [2.45, 2.75) is 108 Å². The molecule has 0 aromatic heterocycles. The molecule has 2 aliphatic carbocycles. The monoisotopic (exact) mass is 384 g/mol. The highest BCUT2D eigenvalue weighted by Gasteiger charge is 2.35. The van der Waals surface area contributed by atoms with E-state index in [1.54, 1.807) is 13.8 Å². The fourth-order valence-electron chi connectivity index (χ4n) is 3.48. The molecule has 2 aliphatic rings. The summed E-state index contributed by atoms with van der Waals surface area (Å²) in [6.45, 7) is 4.91. The van der Waals surface area contributed by atoms with E-state index in [4.69, 9.17) is 11.6 Å². The molecule has 0 heterocycles. The molecule has 0 radical (unpaired) electrons. The number of rotatable bonds is 6. The lowest BCUT2D eigenvalue weighted by atomic mass is 9.94. The van der Waals surface area contributed by atoms with E-state index in [1.165, 1.54) is 19.8 Å². The maximum atomic E-state index is 12.5. The molecule has 0 bridgehead atoms. The smallest absolute Gasteiger partial charge is 0.265 e. The van der Waals surface area contributed by atoms with E-state index in [-0.39, 0.29) is 23.9 Å². The highest BCUT2D eigenvalue weighted by molar-refractivity contribution is 6.34. The van der Waals surface area contributed by atoms with E-state index < -0.39 is 10.5 Å². The van der Waals surface area contributed by atoms with Gasteiger partial charge in [0, 0.05) is 12.1 Å². The van der Waals surface area contributed by atoms with Crippen LogP contribution in [0.2, 0.25) is 0 Å². The number of hydrogen-bond acceptors (Lipinski definition) is 4. The second-order valence-corrected chi connectivity index (χ2v) is 9.07. The number of nitrogens with zero attached hydrogens (tertiary/aromatic N) is 2. The van der Waals surface area contributed by atoms with Crippen LogP contribution in [0.5, 0.6) is 0 Å². The summed E-state index contributed by atoms with van der Waals surface area (Å²) in [6, 6.07) is 0.370. The Hall–Kier alpha value is -1.17. The summed E-state index contributed by atoms with van der Waals surface area (Å²) < 4.78 is 0. The third kappa shape index (κ3) is 6.22. The standard InChI is InChI=1S/C19H33ClN4O2/c1-18(2,16(25)21-14-10-6-4-7-11-14)23-24-19(3,20)17(26)22-15-12-8-5-9-13-15/h14-15H,4-13H2,1-3H3,(H,21,25)(H,22,26). The fourth-order valence-corrected chi connectivity index (χ4v) is 3.58. The number of nitrogens with one attached hydrogen (secondary N) is 2. The number of carbonyl (C=O) groups excluding carboxylic acids is 2. The molecule has 2 N–H and O–H groups in total. The molecule has 0 aromatic rings. The number of amides is 2. The van der Waals surface area contributed by atoms with Gasteiger partial charge in [0.25, 0.3) is 5.91 Å². The van der Waals surface area contributed by atoms with Gasteiger partial charge in [-0.1, -0.05) is 50.1 Å². The van der Waals surface area contributed by atoms with Crippen LogP contribution in [-0.4, -0.2) is 34.4 Å². The lowest BCUT2D eigenvalue weighted by Crippen LogP contribution is -2.47. The van der Waals surface area contributed by atoms with E-state index in [1.807, 2.05) is 0 Å². The normalized spacial score (nSPS) is 22.8. The molecule has 26 heavy (non-hydrogen) atoms. The molecule has 2 rings (SSSR count). The zero-order valence-corrected chi connectivity index (χ0v) is 17.1. The SMILES string of the molecule is CC(C)(N=NC(C)(Cl)C(=O)NC1CCCCC1)C(=O)NC1CCCCC1. The molecular weight excluding hydrogens is 352 g/mol. The molecule has 148 valence electrons. The summed E-state index contributed by atoms with van der Waals surface area (Å²) in [6.07, 6.45) is 11.0. The van der Waals surface area contributed by atoms with E-state index in [9.17, 15) is 9.59 Å². The lowest BCUT2D eigenvalue weighted by Gasteiger charge is -2.28.